The van der Waals surface area contributed by atoms with E-state index in [2.05, 4.69) is 15.1 Å². The van der Waals surface area contributed by atoms with Crippen molar-refractivity contribution in [2.45, 2.75) is 25.9 Å². The highest BCUT2D eigenvalue weighted by molar-refractivity contribution is 5.76. The molecule has 0 radical (unpaired) electrons. The van der Waals surface area contributed by atoms with Crippen LogP contribution in [0.15, 0.2) is 21.5 Å². The predicted molar refractivity (Wildman–Crippen MR) is 86.2 cm³/mol. The molecule has 9 nitrogen and oxygen atoms in total. The minimum atomic E-state index is -0.399. The van der Waals surface area contributed by atoms with Crippen molar-refractivity contribution >= 4 is 5.91 Å². The maximum absolute atomic E-state index is 12.4. The number of methoxy groups -OCH3 is 1. The fourth-order valence-corrected chi connectivity index (χ4v) is 2.72. The lowest BCUT2D eigenvalue weighted by molar-refractivity contribution is -0.139. The number of nitrogens with one attached hydrogen (secondary N) is 1. The van der Waals surface area contributed by atoms with Crippen molar-refractivity contribution in [1.82, 2.24) is 20.0 Å². The van der Waals surface area contributed by atoms with Crippen LogP contribution in [0.2, 0.25) is 0 Å². The lowest BCUT2D eigenvalue weighted by Crippen LogP contribution is -2.42. The Balaban J connectivity index is 1.60. The molecule has 0 saturated carbocycles. The van der Waals surface area contributed by atoms with Gasteiger partial charge in [0.1, 0.15) is 17.7 Å². The van der Waals surface area contributed by atoms with Crippen LogP contribution in [0.25, 0.3) is 0 Å². The van der Waals surface area contributed by atoms with E-state index in [0.29, 0.717) is 55.7 Å². The van der Waals surface area contributed by atoms with Crippen LogP contribution in [-0.4, -0.2) is 52.7 Å². The summed E-state index contributed by atoms with van der Waals surface area (Å²) in [5.41, 5.74) is 0.313. The molecule has 1 aliphatic rings. The third kappa shape index (κ3) is 4.24. The Morgan fingerprint density at radius 2 is 2.32 bits per heavy atom. The number of carbonyl (C=O) groups excluding carboxylic acids is 1. The number of ether oxygens (including phenoxy) is 2. The van der Waals surface area contributed by atoms with Gasteiger partial charge in [0.25, 0.3) is 11.4 Å². The SMILES string of the molecule is COc1cc(CCC(=O)N2CCOC(c3cc(=O)[nH]c(C)n3)C2)on1. The zero-order valence-corrected chi connectivity index (χ0v) is 14.2. The smallest absolute Gasteiger partial charge is 0.254 e. The molecule has 0 aromatic carbocycles. The van der Waals surface area contributed by atoms with E-state index < -0.39 is 6.10 Å². The average Bonchev–Trinajstić information content (AvgIpc) is 3.07. The zero-order valence-electron chi connectivity index (χ0n) is 14.2. The monoisotopic (exact) mass is 348 g/mol. The third-order valence-electron chi connectivity index (χ3n) is 3.96. The predicted octanol–water partition coefficient (Wildman–Crippen LogP) is 0.608. The lowest BCUT2D eigenvalue weighted by Gasteiger charge is -2.32. The number of aromatic nitrogens is 3. The molecular formula is C16H20N4O5. The number of hydrogen-bond donors (Lipinski definition) is 1. The van der Waals surface area contributed by atoms with Crippen LogP contribution in [0.3, 0.4) is 0 Å². The molecule has 1 atom stereocenters. The maximum atomic E-state index is 12.4. The summed E-state index contributed by atoms with van der Waals surface area (Å²) in [6.45, 7) is 2.99. The Kier molecular flexibility index (Phi) is 5.13. The van der Waals surface area contributed by atoms with Crippen LogP contribution < -0.4 is 10.3 Å². The van der Waals surface area contributed by atoms with Crippen molar-refractivity contribution < 1.29 is 18.8 Å². The Hall–Kier alpha value is -2.68. The van der Waals surface area contributed by atoms with Crippen molar-refractivity contribution in [2.75, 3.05) is 26.8 Å². The Morgan fingerprint density at radius 3 is 3.04 bits per heavy atom. The summed E-state index contributed by atoms with van der Waals surface area (Å²) >= 11 is 0. The topological polar surface area (TPSA) is 111 Å². The highest BCUT2D eigenvalue weighted by atomic mass is 16.5. The summed E-state index contributed by atoms with van der Waals surface area (Å²) in [6, 6.07) is 3.07. The van der Waals surface area contributed by atoms with E-state index in [4.69, 9.17) is 14.0 Å². The third-order valence-corrected chi connectivity index (χ3v) is 3.96. The Labute approximate surface area is 143 Å². The van der Waals surface area contributed by atoms with Gasteiger partial charge in [0.05, 0.1) is 26.0 Å². The van der Waals surface area contributed by atoms with E-state index in [1.54, 1.807) is 17.9 Å². The van der Waals surface area contributed by atoms with Gasteiger partial charge in [-0.15, -0.1) is 0 Å². The van der Waals surface area contributed by atoms with Gasteiger partial charge in [0, 0.05) is 31.5 Å². The van der Waals surface area contributed by atoms with Gasteiger partial charge < -0.3 is 23.9 Å². The molecular weight excluding hydrogens is 328 g/mol. The summed E-state index contributed by atoms with van der Waals surface area (Å²) < 4.78 is 15.7. The molecule has 1 aliphatic heterocycles. The van der Waals surface area contributed by atoms with Crippen molar-refractivity contribution in [3.05, 3.63) is 39.8 Å². The van der Waals surface area contributed by atoms with E-state index in [9.17, 15) is 9.59 Å². The van der Waals surface area contributed by atoms with Gasteiger partial charge in [0.2, 0.25) is 5.91 Å². The second-order valence-electron chi connectivity index (χ2n) is 5.79. The van der Waals surface area contributed by atoms with Gasteiger partial charge in [-0.1, -0.05) is 0 Å². The van der Waals surface area contributed by atoms with Crippen LogP contribution >= 0.6 is 0 Å². The minimum Gasteiger partial charge on any atom is -0.479 e. The molecule has 0 bridgehead atoms. The fourth-order valence-electron chi connectivity index (χ4n) is 2.72. The molecule has 2 aromatic rings. The minimum absolute atomic E-state index is 0.00905. The Morgan fingerprint density at radius 1 is 1.48 bits per heavy atom. The summed E-state index contributed by atoms with van der Waals surface area (Å²) in [6.07, 6.45) is 0.344. The zero-order chi connectivity index (χ0) is 17.8. The van der Waals surface area contributed by atoms with Crippen molar-refractivity contribution in [3.8, 4) is 5.88 Å². The molecule has 1 N–H and O–H groups in total. The number of hydrogen-bond acceptors (Lipinski definition) is 7. The molecule has 0 aliphatic carbocycles. The normalized spacial score (nSPS) is 17.5. The van der Waals surface area contributed by atoms with Crippen molar-refractivity contribution in [1.29, 1.82) is 0 Å². The molecule has 25 heavy (non-hydrogen) atoms. The highest BCUT2D eigenvalue weighted by Gasteiger charge is 2.26. The lowest BCUT2D eigenvalue weighted by atomic mass is 10.1. The summed E-state index contributed by atoms with van der Waals surface area (Å²) in [7, 11) is 1.51. The molecule has 9 heteroatoms. The van der Waals surface area contributed by atoms with E-state index >= 15 is 0 Å². The first kappa shape index (κ1) is 17.2. The maximum Gasteiger partial charge on any atom is 0.254 e. The van der Waals surface area contributed by atoms with Gasteiger partial charge >= 0.3 is 0 Å². The van der Waals surface area contributed by atoms with E-state index in [1.165, 1.54) is 13.2 Å². The molecule has 1 amide bonds. The second-order valence-corrected chi connectivity index (χ2v) is 5.79. The number of nitrogens with zero attached hydrogens (tertiary/aromatic N) is 3. The number of morpholine rings is 1. The standard InChI is InChI=1S/C16H20N4O5/c1-10-17-12(8-14(21)18-10)13-9-20(5-6-24-13)16(22)4-3-11-7-15(23-2)19-25-11/h7-8,13H,3-6,9H2,1-2H3,(H,17,18,21). The quantitative estimate of drug-likeness (QED) is 0.842. The van der Waals surface area contributed by atoms with Crippen LogP contribution in [0.5, 0.6) is 5.88 Å². The molecule has 134 valence electrons. The number of aryl methyl sites for hydroxylation is 2. The van der Waals surface area contributed by atoms with Gasteiger partial charge in [-0.2, -0.15) is 0 Å². The van der Waals surface area contributed by atoms with Crippen LogP contribution in [-0.2, 0) is 16.0 Å². The van der Waals surface area contributed by atoms with Crippen molar-refractivity contribution in [2.24, 2.45) is 0 Å². The van der Waals surface area contributed by atoms with Crippen LogP contribution in [0.4, 0.5) is 0 Å². The second kappa shape index (κ2) is 7.47. The van der Waals surface area contributed by atoms with E-state index in [0.717, 1.165) is 0 Å². The Bertz CT molecular complexity index is 800. The molecule has 1 fully saturated rings. The molecule has 1 unspecified atom stereocenters. The first-order valence-corrected chi connectivity index (χ1v) is 8.02. The molecule has 3 rings (SSSR count). The number of amides is 1. The van der Waals surface area contributed by atoms with Crippen molar-refractivity contribution in [3.63, 3.8) is 0 Å². The van der Waals surface area contributed by atoms with E-state index in [-0.39, 0.29) is 11.5 Å². The van der Waals surface area contributed by atoms with Gasteiger partial charge in [-0.3, -0.25) is 9.59 Å². The molecule has 1 saturated heterocycles. The largest absolute Gasteiger partial charge is 0.479 e. The summed E-state index contributed by atoms with van der Waals surface area (Å²) in [5, 5.41) is 3.71. The summed E-state index contributed by atoms with van der Waals surface area (Å²) in [4.78, 5) is 32.7. The number of rotatable bonds is 5. The van der Waals surface area contributed by atoms with Crippen LogP contribution in [0.1, 0.15) is 29.8 Å². The van der Waals surface area contributed by atoms with Gasteiger partial charge in [0.15, 0.2) is 0 Å². The van der Waals surface area contributed by atoms with Gasteiger partial charge in [-0.05, 0) is 12.1 Å². The number of carbonyl (C=O) groups is 1. The highest BCUT2D eigenvalue weighted by Crippen LogP contribution is 2.21. The number of H-pyrrole nitrogens is 1. The van der Waals surface area contributed by atoms with E-state index in [1.807, 2.05) is 0 Å². The molecule has 2 aromatic heterocycles. The number of aromatic amines is 1. The average molecular weight is 348 g/mol. The molecule has 3 heterocycles. The van der Waals surface area contributed by atoms with Gasteiger partial charge in [-0.25, -0.2) is 4.98 Å². The molecule has 0 spiro atoms. The fraction of sp³-hybridized carbons (Fsp3) is 0.500. The first-order valence-electron chi connectivity index (χ1n) is 8.02. The summed E-state index contributed by atoms with van der Waals surface area (Å²) in [5.74, 6) is 1.51. The van der Waals surface area contributed by atoms with Crippen LogP contribution in [0, 0.1) is 6.92 Å². The first-order chi connectivity index (χ1) is 12.0.